The number of imidazole rings is 1. The lowest BCUT2D eigenvalue weighted by Crippen LogP contribution is -2.34. The highest BCUT2D eigenvalue weighted by Gasteiger charge is 2.53. The van der Waals surface area contributed by atoms with Crippen molar-refractivity contribution in [3.8, 4) is 0 Å². The molecule has 2 aromatic heterocycles. The highest BCUT2D eigenvalue weighted by atomic mass is 16.2. The van der Waals surface area contributed by atoms with Gasteiger partial charge in [0.2, 0.25) is 5.78 Å². The summed E-state index contributed by atoms with van der Waals surface area (Å²) < 4.78 is 0. The van der Waals surface area contributed by atoms with Gasteiger partial charge in [0.15, 0.2) is 0 Å². The molecule has 1 saturated heterocycles. The number of pyridine rings is 1. The number of H-pyrrole nitrogens is 1. The Hall–Kier alpha value is -3.35. The van der Waals surface area contributed by atoms with E-state index in [1.807, 2.05) is 19.1 Å². The number of hydrogen-bond donors (Lipinski definition) is 1. The van der Waals surface area contributed by atoms with Crippen LogP contribution in [0, 0.1) is 18.8 Å². The minimum absolute atomic E-state index is 0.114. The first-order valence-electron chi connectivity index (χ1n) is 10.8. The van der Waals surface area contributed by atoms with E-state index in [1.54, 1.807) is 30.6 Å². The van der Waals surface area contributed by atoms with Gasteiger partial charge in [0.25, 0.3) is 5.91 Å². The molecule has 1 aliphatic heterocycles. The first-order valence-corrected chi connectivity index (χ1v) is 10.8. The average Bonchev–Trinajstić information content (AvgIpc) is 3.36. The van der Waals surface area contributed by atoms with Crippen LogP contribution >= 0.6 is 0 Å². The van der Waals surface area contributed by atoms with Gasteiger partial charge < -0.3 is 4.98 Å². The largest absolute Gasteiger partial charge is 0.345 e. The Labute approximate surface area is 179 Å². The lowest BCUT2D eigenvalue weighted by atomic mass is 9.78. The SMILES string of the molecule is Cc1cccc(C2C(C(=O)C3CCCCC3)C(=O)C(=O)N2c2ccc3nc[nH]c3c2)n1. The summed E-state index contributed by atoms with van der Waals surface area (Å²) in [6.45, 7) is 1.86. The van der Waals surface area contributed by atoms with Gasteiger partial charge >= 0.3 is 0 Å². The van der Waals surface area contributed by atoms with Crippen molar-refractivity contribution in [1.82, 2.24) is 15.0 Å². The fourth-order valence-corrected chi connectivity index (χ4v) is 4.98. The van der Waals surface area contributed by atoms with Gasteiger partial charge in [-0.1, -0.05) is 25.3 Å². The van der Waals surface area contributed by atoms with Crippen molar-refractivity contribution in [2.24, 2.45) is 11.8 Å². The number of hydrogen-bond acceptors (Lipinski definition) is 5. The van der Waals surface area contributed by atoms with Crippen LogP contribution in [0.15, 0.2) is 42.7 Å². The molecule has 1 amide bonds. The van der Waals surface area contributed by atoms with E-state index in [0.717, 1.165) is 48.8 Å². The number of aryl methyl sites for hydroxylation is 1. The summed E-state index contributed by atoms with van der Waals surface area (Å²) in [5, 5.41) is 0. The van der Waals surface area contributed by atoms with Crippen LogP contribution in [0.5, 0.6) is 0 Å². The molecule has 1 saturated carbocycles. The summed E-state index contributed by atoms with van der Waals surface area (Å²) >= 11 is 0. The van der Waals surface area contributed by atoms with Crippen molar-refractivity contribution in [3.63, 3.8) is 0 Å². The minimum atomic E-state index is -1.03. The van der Waals surface area contributed by atoms with Crippen LogP contribution in [0.4, 0.5) is 5.69 Å². The molecule has 7 nitrogen and oxygen atoms in total. The lowest BCUT2D eigenvalue weighted by Gasteiger charge is -2.29. The van der Waals surface area contributed by atoms with Crippen LogP contribution in [-0.2, 0) is 14.4 Å². The molecular weight excluding hydrogens is 392 g/mol. The monoisotopic (exact) mass is 416 g/mol. The van der Waals surface area contributed by atoms with Gasteiger partial charge in [0.1, 0.15) is 11.7 Å². The topological polar surface area (TPSA) is 96.0 Å². The third kappa shape index (κ3) is 3.34. The fraction of sp³-hybridized carbons (Fsp3) is 0.375. The normalized spacial score (nSPS) is 22.4. The highest BCUT2D eigenvalue weighted by Crippen LogP contribution is 2.42. The number of Topliss-reactive ketones (excluding diaryl/α,β-unsaturated/α-hetero) is 2. The summed E-state index contributed by atoms with van der Waals surface area (Å²) in [6, 6.07) is 10.1. The number of aromatic nitrogens is 3. The molecular formula is C24H24N4O3. The van der Waals surface area contributed by atoms with Gasteiger partial charge in [-0.25, -0.2) is 4.98 Å². The van der Waals surface area contributed by atoms with Crippen LogP contribution in [0.1, 0.15) is 49.5 Å². The van der Waals surface area contributed by atoms with Gasteiger partial charge in [0.05, 0.1) is 29.1 Å². The maximum absolute atomic E-state index is 13.5. The quantitative estimate of drug-likeness (QED) is 0.517. The summed E-state index contributed by atoms with van der Waals surface area (Å²) in [4.78, 5) is 53.3. The van der Waals surface area contributed by atoms with Crippen molar-refractivity contribution in [2.45, 2.75) is 45.1 Å². The molecule has 158 valence electrons. The molecule has 7 heteroatoms. The van der Waals surface area contributed by atoms with Gasteiger partial charge in [-0.15, -0.1) is 0 Å². The van der Waals surface area contributed by atoms with E-state index in [4.69, 9.17) is 0 Å². The first kappa shape index (κ1) is 19.6. The predicted octanol–water partition coefficient (Wildman–Crippen LogP) is 3.69. The Bertz CT molecular complexity index is 1180. The van der Waals surface area contributed by atoms with Crippen LogP contribution in [0.3, 0.4) is 0 Å². The number of amides is 1. The van der Waals surface area contributed by atoms with Crippen LogP contribution < -0.4 is 4.90 Å². The highest BCUT2D eigenvalue weighted by molar-refractivity contribution is 6.48. The molecule has 3 heterocycles. The van der Waals surface area contributed by atoms with Gasteiger partial charge in [-0.05, 0) is 50.1 Å². The second kappa shape index (κ2) is 7.72. The Morgan fingerprint density at radius 2 is 1.90 bits per heavy atom. The summed E-state index contributed by atoms with van der Waals surface area (Å²) in [6.07, 6.45) is 6.23. The molecule has 1 aliphatic carbocycles. The molecule has 5 rings (SSSR count). The van der Waals surface area contributed by atoms with Crippen molar-refractivity contribution in [3.05, 3.63) is 54.1 Å². The fourth-order valence-electron chi connectivity index (χ4n) is 4.98. The molecule has 0 spiro atoms. The van der Waals surface area contributed by atoms with Crippen LogP contribution in [0.25, 0.3) is 11.0 Å². The number of rotatable bonds is 4. The zero-order valence-corrected chi connectivity index (χ0v) is 17.4. The molecule has 2 aliphatic rings. The molecule has 3 aromatic rings. The van der Waals surface area contributed by atoms with Crippen molar-refractivity contribution in [1.29, 1.82) is 0 Å². The Morgan fingerprint density at radius 1 is 1.10 bits per heavy atom. The van der Waals surface area contributed by atoms with E-state index < -0.39 is 23.7 Å². The molecule has 0 bridgehead atoms. The van der Waals surface area contributed by atoms with Crippen LogP contribution in [0.2, 0.25) is 0 Å². The number of benzene rings is 1. The zero-order valence-electron chi connectivity index (χ0n) is 17.4. The van der Waals surface area contributed by atoms with Crippen molar-refractivity contribution in [2.75, 3.05) is 4.90 Å². The summed E-state index contributed by atoms with van der Waals surface area (Å²) in [5.41, 5.74) is 3.43. The molecule has 31 heavy (non-hydrogen) atoms. The molecule has 1 N–H and O–H groups in total. The number of nitrogens with one attached hydrogen (secondary N) is 1. The maximum Gasteiger partial charge on any atom is 0.295 e. The van der Waals surface area contributed by atoms with Crippen molar-refractivity contribution < 1.29 is 14.4 Å². The predicted molar refractivity (Wildman–Crippen MR) is 115 cm³/mol. The smallest absolute Gasteiger partial charge is 0.295 e. The lowest BCUT2D eigenvalue weighted by molar-refractivity contribution is -0.140. The number of aromatic amines is 1. The third-order valence-corrected chi connectivity index (χ3v) is 6.51. The molecule has 1 aromatic carbocycles. The van der Waals surface area contributed by atoms with E-state index in [0.29, 0.717) is 11.4 Å². The van der Waals surface area contributed by atoms with Gasteiger partial charge in [-0.2, -0.15) is 0 Å². The third-order valence-electron chi connectivity index (χ3n) is 6.51. The van der Waals surface area contributed by atoms with E-state index in [9.17, 15) is 14.4 Å². The van der Waals surface area contributed by atoms with Crippen molar-refractivity contribution >= 4 is 34.2 Å². The number of fused-ring (bicyclic) bond motifs is 1. The van der Waals surface area contributed by atoms with Crippen LogP contribution in [-0.4, -0.2) is 32.4 Å². The molecule has 2 atom stereocenters. The Morgan fingerprint density at radius 3 is 2.68 bits per heavy atom. The summed E-state index contributed by atoms with van der Waals surface area (Å²) in [7, 11) is 0. The molecule has 2 unspecified atom stereocenters. The average molecular weight is 416 g/mol. The van der Waals surface area contributed by atoms with E-state index in [1.165, 1.54) is 4.90 Å². The number of nitrogens with zero attached hydrogens (tertiary/aromatic N) is 3. The minimum Gasteiger partial charge on any atom is -0.345 e. The number of carbonyl (C=O) groups excluding carboxylic acids is 3. The number of anilines is 1. The van der Waals surface area contributed by atoms with Gasteiger partial charge in [-0.3, -0.25) is 24.3 Å². The Balaban J connectivity index is 1.62. The number of carbonyl (C=O) groups is 3. The number of ketones is 2. The zero-order chi connectivity index (χ0) is 21.5. The second-order valence-electron chi connectivity index (χ2n) is 8.51. The summed E-state index contributed by atoms with van der Waals surface area (Å²) in [5.74, 6) is -2.59. The molecule has 0 radical (unpaired) electrons. The maximum atomic E-state index is 13.5. The second-order valence-corrected chi connectivity index (χ2v) is 8.51. The van der Waals surface area contributed by atoms with E-state index in [-0.39, 0.29) is 11.7 Å². The standard InChI is InChI=1S/C24H24N4O3/c1-14-6-5-9-18(27-14)21-20(22(29)15-7-3-2-4-8-15)23(30)24(31)28(21)16-10-11-17-19(12-16)26-13-25-17/h5-6,9-13,15,20-21H,2-4,7-8H2,1H3,(H,25,26). The molecule has 2 fully saturated rings. The van der Waals surface area contributed by atoms with E-state index in [2.05, 4.69) is 15.0 Å². The first-order chi connectivity index (χ1) is 15.0. The Kier molecular flexibility index (Phi) is 4.88. The van der Waals surface area contributed by atoms with E-state index >= 15 is 0 Å². The van der Waals surface area contributed by atoms with Gasteiger partial charge in [0, 0.05) is 17.3 Å².